The summed E-state index contributed by atoms with van der Waals surface area (Å²) >= 11 is 1.89. The third kappa shape index (κ3) is 2.96. The molecular formula is C19H20N2S. The number of fused-ring (bicyclic) bond motifs is 1. The highest BCUT2D eigenvalue weighted by atomic mass is 32.1. The Kier molecular flexibility index (Phi) is 4.36. The molecule has 2 aromatic heterocycles. The quantitative estimate of drug-likeness (QED) is 0.691. The van der Waals surface area contributed by atoms with E-state index in [4.69, 9.17) is 0 Å². The minimum absolute atomic E-state index is 1.05. The van der Waals surface area contributed by atoms with Crippen molar-refractivity contribution < 1.29 is 0 Å². The molecule has 0 aliphatic carbocycles. The minimum atomic E-state index is 1.05. The van der Waals surface area contributed by atoms with Crippen molar-refractivity contribution in [3.63, 3.8) is 0 Å². The van der Waals surface area contributed by atoms with Gasteiger partial charge < -0.3 is 4.90 Å². The lowest BCUT2D eigenvalue weighted by Crippen LogP contribution is -2.15. The van der Waals surface area contributed by atoms with Crippen LogP contribution < -0.4 is 0 Å². The highest BCUT2D eigenvalue weighted by Crippen LogP contribution is 2.38. The topological polar surface area (TPSA) is 16.1 Å². The Bertz CT molecular complexity index is 788. The van der Waals surface area contributed by atoms with Gasteiger partial charge in [0.15, 0.2) is 0 Å². The van der Waals surface area contributed by atoms with Crippen LogP contribution in [0.1, 0.15) is 16.0 Å². The highest BCUT2D eigenvalue weighted by Gasteiger charge is 2.15. The van der Waals surface area contributed by atoms with Crippen molar-refractivity contribution >= 4 is 27.0 Å². The van der Waals surface area contributed by atoms with E-state index in [9.17, 15) is 0 Å². The van der Waals surface area contributed by atoms with Crippen LogP contribution in [-0.4, -0.2) is 30.5 Å². The van der Waals surface area contributed by atoms with Gasteiger partial charge in [0.1, 0.15) is 0 Å². The first-order valence-corrected chi connectivity index (χ1v) is 8.23. The number of likely N-dealkylation sites (N-methyl/N-ethyl adjacent to an activating group) is 1. The van der Waals surface area contributed by atoms with Gasteiger partial charge in [0.25, 0.3) is 0 Å². The van der Waals surface area contributed by atoms with Gasteiger partial charge in [0.05, 0.1) is 0 Å². The van der Waals surface area contributed by atoms with Crippen LogP contribution >= 0.6 is 11.3 Å². The highest BCUT2D eigenvalue weighted by molar-refractivity contribution is 7.19. The van der Waals surface area contributed by atoms with Crippen molar-refractivity contribution in [2.75, 3.05) is 20.6 Å². The van der Waals surface area contributed by atoms with Crippen LogP contribution in [0.5, 0.6) is 0 Å². The van der Waals surface area contributed by atoms with Crippen LogP contribution in [0.25, 0.3) is 15.7 Å². The fourth-order valence-corrected chi connectivity index (χ4v) is 3.85. The van der Waals surface area contributed by atoms with Crippen molar-refractivity contribution in [1.29, 1.82) is 0 Å². The van der Waals surface area contributed by atoms with Crippen LogP contribution in [0.2, 0.25) is 0 Å². The fourth-order valence-electron chi connectivity index (χ4n) is 2.63. The number of pyridine rings is 1. The number of nitrogens with zero attached hydrogens (tertiary/aromatic N) is 2. The molecule has 0 aliphatic heterocycles. The van der Waals surface area contributed by atoms with E-state index in [-0.39, 0.29) is 0 Å². The maximum absolute atomic E-state index is 4.37. The predicted octanol–water partition coefficient (Wildman–Crippen LogP) is 4.46. The summed E-state index contributed by atoms with van der Waals surface area (Å²) in [6.07, 6.45) is 4.70. The van der Waals surface area contributed by atoms with Gasteiger partial charge >= 0.3 is 0 Å². The molecule has 2 heterocycles. The first-order chi connectivity index (χ1) is 10.7. The van der Waals surface area contributed by atoms with Crippen LogP contribution in [0.3, 0.4) is 0 Å². The molecule has 0 fully saturated rings. The summed E-state index contributed by atoms with van der Waals surface area (Å²) < 4.78 is 1.33. The van der Waals surface area contributed by atoms with Crippen molar-refractivity contribution in [2.45, 2.75) is 6.42 Å². The van der Waals surface area contributed by atoms with Crippen molar-refractivity contribution in [1.82, 2.24) is 9.88 Å². The Hall–Kier alpha value is -1.97. The molecule has 1 aromatic carbocycles. The Morgan fingerprint density at radius 3 is 2.59 bits per heavy atom. The van der Waals surface area contributed by atoms with Gasteiger partial charge in [-0.1, -0.05) is 24.8 Å². The SMILES string of the molecule is C=C(c1ccncc1)c1c(CCN(C)C)sc2ccccc12. The lowest BCUT2D eigenvalue weighted by Gasteiger charge is -2.11. The summed E-state index contributed by atoms with van der Waals surface area (Å²) in [5, 5.41) is 1.31. The third-order valence-electron chi connectivity index (χ3n) is 3.79. The average molecular weight is 308 g/mol. The van der Waals surface area contributed by atoms with E-state index in [1.807, 2.05) is 35.9 Å². The lowest BCUT2D eigenvalue weighted by molar-refractivity contribution is 0.415. The fraction of sp³-hybridized carbons (Fsp3) is 0.211. The molecule has 0 amide bonds. The Labute approximate surface area is 135 Å². The van der Waals surface area contributed by atoms with Crippen LogP contribution in [0, 0.1) is 0 Å². The van der Waals surface area contributed by atoms with Crippen molar-refractivity contribution in [2.24, 2.45) is 0 Å². The van der Waals surface area contributed by atoms with E-state index in [2.05, 4.69) is 54.8 Å². The largest absolute Gasteiger partial charge is 0.309 e. The zero-order chi connectivity index (χ0) is 15.5. The molecule has 0 unspecified atom stereocenters. The average Bonchev–Trinajstić information content (AvgIpc) is 2.91. The second-order valence-electron chi connectivity index (χ2n) is 5.66. The van der Waals surface area contributed by atoms with E-state index in [0.717, 1.165) is 24.1 Å². The smallest absolute Gasteiger partial charge is 0.0352 e. The molecule has 112 valence electrons. The Morgan fingerprint density at radius 1 is 1.14 bits per heavy atom. The molecule has 2 nitrogen and oxygen atoms in total. The number of benzene rings is 1. The van der Waals surface area contributed by atoms with Crippen molar-refractivity contribution in [3.05, 3.63) is 71.4 Å². The summed E-state index contributed by atoms with van der Waals surface area (Å²) in [7, 11) is 4.23. The molecule has 0 radical (unpaired) electrons. The summed E-state index contributed by atoms with van der Waals surface area (Å²) in [6.45, 7) is 5.42. The molecule has 3 heteroatoms. The molecule has 0 atom stereocenters. The molecule has 0 saturated carbocycles. The number of thiophene rings is 1. The van der Waals surface area contributed by atoms with Gasteiger partial charge in [-0.25, -0.2) is 0 Å². The van der Waals surface area contributed by atoms with Gasteiger partial charge in [0, 0.05) is 39.5 Å². The summed E-state index contributed by atoms with van der Waals surface area (Å²) in [6, 6.07) is 12.7. The van der Waals surface area contributed by atoms with Gasteiger partial charge in [0.2, 0.25) is 0 Å². The third-order valence-corrected chi connectivity index (χ3v) is 5.02. The maximum atomic E-state index is 4.37. The molecule has 0 spiro atoms. The van der Waals surface area contributed by atoms with Crippen molar-refractivity contribution in [3.8, 4) is 0 Å². The van der Waals surface area contributed by atoms with Gasteiger partial charge in [-0.2, -0.15) is 0 Å². The molecule has 3 aromatic rings. The number of hydrogen-bond acceptors (Lipinski definition) is 3. The van der Waals surface area contributed by atoms with Crippen LogP contribution in [0.15, 0.2) is 55.4 Å². The molecule has 0 saturated heterocycles. The Morgan fingerprint density at radius 2 is 1.86 bits per heavy atom. The maximum Gasteiger partial charge on any atom is 0.0352 e. The summed E-state index contributed by atoms with van der Waals surface area (Å²) in [5.74, 6) is 0. The van der Waals surface area contributed by atoms with E-state index in [1.54, 1.807) is 0 Å². The van der Waals surface area contributed by atoms with E-state index >= 15 is 0 Å². The number of aromatic nitrogens is 1. The lowest BCUT2D eigenvalue weighted by atomic mass is 9.96. The second-order valence-corrected chi connectivity index (χ2v) is 6.80. The molecule has 0 aliphatic rings. The van der Waals surface area contributed by atoms with E-state index < -0.39 is 0 Å². The van der Waals surface area contributed by atoms with Crippen LogP contribution in [0.4, 0.5) is 0 Å². The molecule has 22 heavy (non-hydrogen) atoms. The monoisotopic (exact) mass is 308 g/mol. The summed E-state index contributed by atoms with van der Waals surface area (Å²) in [5.41, 5.74) is 3.53. The first kappa shape index (κ1) is 14.9. The van der Waals surface area contributed by atoms with Gasteiger partial charge in [-0.05, 0) is 49.9 Å². The summed E-state index contributed by atoms with van der Waals surface area (Å²) in [4.78, 5) is 7.75. The molecule has 3 rings (SSSR count). The zero-order valence-corrected chi connectivity index (χ0v) is 13.9. The van der Waals surface area contributed by atoms with Gasteiger partial charge in [-0.15, -0.1) is 11.3 Å². The molecular weight excluding hydrogens is 288 g/mol. The van der Waals surface area contributed by atoms with Gasteiger partial charge in [-0.3, -0.25) is 4.98 Å². The second kappa shape index (κ2) is 6.42. The van der Waals surface area contributed by atoms with E-state index in [0.29, 0.717) is 0 Å². The number of rotatable bonds is 5. The minimum Gasteiger partial charge on any atom is -0.309 e. The predicted molar refractivity (Wildman–Crippen MR) is 96.5 cm³/mol. The van der Waals surface area contributed by atoms with Crippen LogP contribution in [-0.2, 0) is 6.42 Å². The Balaban J connectivity index is 2.09. The van der Waals surface area contributed by atoms with E-state index in [1.165, 1.54) is 20.5 Å². The zero-order valence-electron chi connectivity index (χ0n) is 13.0. The molecule has 0 bridgehead atoms. The molecule has 0 N–H and O–H groups in total. The number of hydrogen-bond donors (Lipinski definition) is 0. The standard InChI is InChI=1S/C19H20N2S/c1-14(15-8-11-20-12-9-15)19-16-6-4-5-7-17(16)22-18(19)10-13-21(2)3/h4-9,11-12H,1,10,13H2,2-3H3. The normalized spacial score (nSPS) is 11.2. The first-order valence-electron chi connectivity index (χ1n) is 7.41.